The summed E-state index contributed by atoms with van der Waals surface area (Å²) < 4.78 is 37.8. The maximum Gasteiger partial charge on any atom is 0.394 e. The Morgan fingerprint density at radius 1 is 1.25 bits per heavy atom. The molecule has 0 spiro atoms. The van der Waals surface area contributed by atoms with Crippen molar-refractivity contribution in [2.75, 3.05) is 0 Å². The molecule has 2 aliphatic carbocycles. The van der Waals surface area contributed by atoms with Gasteiger partial charge in [-0.05, 0) is 31.1 Å². The van der Waals surface area contributed by atoms with E-state index in [0.717, 1.165) is 19.3 Å². The second-order valence-corrected chi connectivity index (χ2v) is 4.50. The molecular weight excluding hydrogens is 165 g/mol. The molecule has 0 amide bonds. The summed E-state index contributed by atoms with van der Waals surface area (Å²) >= 11 is 0. The number of halogens is 3. The van der Waals surface area contributed by atoms with Crippen LogP contribution in [-0.2, 0) is 0 Å². The Labute approximate surface area is 70.1 Å². The molecule has 3 unspecified atom stereocenters. The first-order valence-electron chi connectivity index (χ1n) is 4.50. The normalized spacial score (nSPS) is 47.0. The van der Waals surface area contributed by atoms with E-state index in [1.807, 2.05) is 0 Å². The average Bonchev–Trinajstić information content (AvgIpc) is 2.43. The third kappa shape index (κ3) is 0.913. The van der Waals surface area contributed by atoms with Crippen molar-refractivity contribution in [3.05, 3.63) is 0 Å². The summed E-state index contributed by atoms with van der Waals surface area (Å²) in [5, 5.41) is 0. The third-order valence-electron chi connectivity index (χ3n) is 3.80. The summed E-state index contributed by atoms with van der Waals surface area (Å²) in [6, 6.07) is 0. The molecule has 0 aromatic rings. The third-order valence-corrected chi connectivity index (χ3v) is 3.80. The van der Waals surface area contributed by atoms with Crippen molar-refractivity contribution in [1.29, 1.82) is 0 Å². The van der Waals surface area contributed by atoms with E-state index in [1.54, 1.807) is 0 Å². The van der Waals surface area contributed by atoms with Gasteiger partial charge in [-0.15, -0.1) is 0 Å². The fourth-order valence-corrected chi connectivity index (χ4v) is 2.95. The molecule has 0 radical (unpaired) electrons. The molecule has 2 fully saturated rings. The highest BCUT2D eigenvalue weighted by atomic mass is 19.4. The monoisotopic (exact) mass is 178 g/mol. The van der Waals surface area contributed by atoms with Gasteiger partial charge in [0, 0.05) is 0 Å². The summed E-state index contributed by atoms with van der Waals surface area (Å²) in [5.74, 6) is 0.282. The lowest BCUT2D eigenvalue weighted by atomic mass is 9.74. The van der Waals surface area contributed by atoms with E-state index < -0.39 is 11.6 Å². The van der Waals surface area contributed by atoms with E-state index in [-0.39, 0.29) is 5.92 Å². The van der Waals surface area contributed by atoms with Crippen molar-refractivity contribution in [3.8, 4) is 0 Å². The molecule has 0 saturated heterocycles. The minimum atomic E-state index is -3.98. The zero-order chi connectivity index (χ0) is 8.98. The topological polar surface area (TPSA) is 0 Å². The largest absolute Gasteiger partial charge is 0.394 e. The lowest BCUT2D eigenvalue weighted by Gasteiger charge is -2.35. The molecule has 2 aliphatic rings. The minimum Gasteiger partial charge on any atom is -0.171 e. The summed E-state index contributed by atoms with van der Waals surface area (Å²) in [6.45, 7) is 1.40. The Bertz CT molecular complexity index is 196. The molecule has 70 valence electrons. The Kier molecular flexibility index (Phi) is 1.52. The lowest BCUT2D eigenvalue weighted by Crippen LogP contribution is -2.39. The highest BCUT2D eigenvalue weighted by Crippen LogP contribution is 2.62. The van der Waals surface area contributed by atoms with Crippen LogP contribution >= 0.6 is 0 Å². The van der Waals surface area contributed by atoms with Gasteiger partial charge in [-0.3, -0.25) is 0 Å². The summed E-state index contributed by atoms with van der Waals surface area (Å²) in [5.41, 5.74) is -1.35. The highest BCUT2D eigenvalue weighted by Gasteiger charge is 2.61. The first-order chi connectivity index (χ1) is 5.43. The summed E-state index contributed by atoms with van der Waals surface area (Å²) in [4.78, 5) is 0. The van der Waals surface area contributed by atoms with Crippen LogP contribution in [0.25, 0.3) is 0 Å². The van der Waals surface area contributed by atoms with E-state index in [9.17, 15) is 13.2 Å². The van der Waals surface area contributed by atoms with Crippen LogP contribution < -0.4 is 0 Å². The molecule has 0 nitrogen and oxygen atoms in total. The molecule has 3 heteroatoms. The molecule has 0 N–H and O–H groups in total. The molecule has 2 rings (SSSR count). The molecule has 0 aromatic carbocycles. The van der Waals surface area contributed by atoms with Gasteiger partial charge in [0.05, 0.1) is 5.41 Å². The van der Waals surface area contributed by atoms with Gasteiger partial charge in [0.25, 0.3) is 0 Å². The van der Waals surface area contributed by atoms with Crippen LogP contribution in [-0.4, -0.2) is 6.18 Å². The Balaban J connectivity index is 2.23. The van der Waals surface area contributed by atoms with Gasteiger partial charge in [-0.1, -0.05) is 13.3 Å². The average molecular weight is 178 g/mol. The van der Waals surface area contributed by atoms with E-state index in [0.29, 0.717) is 12.3 Å². The van der Waals surface area contributed by atoms with Crippen LogP contribution in [0.2, 0.25) is 0 Å². The van der Waals surface area contributed by atoms with Crippen molar-refractivity contribution < 1.29 is 13.2 Å². The van der Waals surface area contributed by atoms with Gasteiger partial charge in [-0.2, -0.15) is 13.2 Å². The molecule has 3 atom stereocenters. The number of fused-ring (bicyclic) bond motifs is 2. The zero-order valence-corrected chi connectivity index (χ0v) is 7.12. The van der Waals surface area contributed by atoms with E-state index in [4.69, 9.17) is 0 Å². The van der Waals surface area contributed by atoms with Crippen molar-refractivity contribution >= 4 is 0 Å². The van der Waals surface area contributed by atoms with Gasteiger partial charge in [0.15, 0.2) is 0 Å². The van der Waals surface area contributed by atoms with Crippen molar-refractivity contribution in [3.63, 3.8) is 0 Å². The van der Waals surface area contributed by atoms with Gasteiger partial charge in [-0.25, -0.2) is 0 Å². The second kappa shape index (κ2) is 2.18. The predicted molar refractivity (Wildman–Crippen MR) is 39.6 cm³/mol. The summed E-state index contributed by atoms with van der Waals surface area (Å²) in [6.07, 6.45) is -0.971. The Hall–Kier alpha value is -0.210. The van der Waals surface area contributed by atoms with Crippen molar-refractivity contribution in [2.45, 2.75) is 38.8 Å². The second-order valence-electron chi connectivity index (χ2n) is 4.50. The fourth-order valence-electron chi connectivity index (χ4n) is 2.95. The van der Waals surface area contributed by atoms with Crippen LogP contribution in [0.4, 0.5) is 13.2 Å². The minimum absolute atomic E-state index is 0.0810. The smallest absolute Gasteiger partial charge is 0.171 e. The molecule has 0 heterocycles. The van der Waals surface area contributed by atoms with Gasteiger partial charge in [0.2, 0.25) is 0 Å². The van der Waals surface area contributed by atoms with Crippen LogP contribution in [0.15, 0.2) is 0 Å². The van der Waals surface area contributed by atoms with Crippen molar-refractivity contribution in [2.24, 2.45) is 17.3 Å². The summed E-state index contributed by atoms with van der Waals surface area (Å²) in [7, 11) is 0. The Morgan fingerprint density at radius 3 is 2.17 bits per heavy atom. The van der Waals surface area contributed by atoms with Crippen LogP contribution in [0.5, 0.6) is 0 Å². The first-order valence-corrected chi connectivity index (χ1v) is 4.50. The maximum atomic E-state index is 12.6. The molecular formula is C9H13F3. The fraction of sp³-hybridized carbons (Fsp3) is 1.00. The van der Waals surface area contributed by atoms with Crippen molar-refractivity contribution in [1.82, 2.24) is 0 Å². The number of hydrogen-bond donors (Lipinski definition) is 0. The molecule has 12 heavy (non-hydrogen) atoms. The van der Waals surface area contributed by atoms with E-state index in [1.165, 1.54) is 6.92 Å². The van der Waals surface area contributed by atoms with Gasteiger partial charge < -0.3 is 0 Å². The molecule has 0 aromatic heterocycles. The number of alkyl halides is 3. The van der Waals surface area contributed by atoms with Gasteiger partial charge >= 0.3 is 6.18 Å². The molecule has 0 aliphatic heterocycles. The molecule has 2 bridgehead atoms. The quantitative estimate of drug-likeness (QED) is 0.533. The van der Waals surface area contributed by atoms with Crippen LogP contribution in [0, 0.1) is 17.3 Å². The zero-order valence-electron chi connectivity index (χ0n) is 7.12. The Morgan fingerprint density at radius 2 is 1.92 bits per heavy atom. The maximum absolute atomic E-state index is 12.6. The van der Waals surface area contributed by atoms with E-state index in [2.05, 4.69) is 0 Å². The highest BCUT2D eigenvalue weighted by molar-refractivity contribution is 5.01. The van der Waals surface area contributed by atoms with E-state index >= 15 is 0 Å². The van der Waals surface area contributed by atoms with Gasteiger partial charge in [0.1, 0.15) is 0 Å². The lowest BCUT2D eigenvalue weighted by molar-refractivity contribution is -0.234. The number of hydrogen-bond acceptors (Lipinski definition) is 0. The predicted octanol–water partition coefficient (Wildman–Crippen LogP) is 3.38. The molecule has 2 saturated carbocycles. The van der Waals surface area contributed by atoms with Crippen LogP contribution in [0.1, 0.15) is 32.6 Å². The first kappa shape index (κ1) is 8.39. The SMILES string of the molecule is CC1(C(F)(F)F)CC2CCC1C2. The number of rotatable bonds is 0. The standard InChI is InChI=1S/C9H13F3/c1-8(9(10,11)12)5-6-2-3-7(8)4-6/h6-7H,2-5H2,1H3. The van der Waals surface area contributed by atoms with Crippen LogP contribution in [0.3, 0.4) is 0 Å².